The van der Waals surface area contributed by atoms with Crippen LogP contribution in [0.5, 0.6) is 0 Å². The molecule has 7 heteroatoms. The van der Waals surface area contributed by atoms with Crippen molar-refractivity contribution in [2.45, 2.75) is 82.0 Å². The van der Waals surface area contributed by atoms with Crippen molar-refractivity contribution in [1.29, 1.82) is 0 Å². The Balaban J connectivity index is 1.61. The average molecular weight is 433 g/mol. The van der Waals surface area contributed by atoms with Gasteiger partial charge in [-0.05, 0) is 66.6 Å². The van der Waals surface area contributed by atoms with Gasteiger partial charge in [-0.2, -0.15) is 0 Å². The monoisotopic (exact) mass is 432 g/mol. The van der Waals surface area contributed by atoms with Crippen molar-refractivity contribution in [3.63, 3.8) is 0 Å². The molecule has 0 bridgehead atoms. The first-order valence-electron chi connectivity index (χ1n) is 10.3. The number of nitrogens with zero attached hydrogens (tertiary/aromatic N) is 4. The molecule has 4 rings (SSSR count). The highest BCUT2D eigenvalue weighted by Crippen LogP contribution is 2.32. The number of benzene rings is 1. The van der Waals surface area contributed by atoms with E-state index >= 15 is 0 Å². The number of aromatic nitrogens is 4. The molecule has 1 aromatic heterocycles. The molecule has 0 saturated heterocycles. The summed E-state index contributed by atoms with van der Waals surface area (Å²) in [5.41, 5.74) is 7.31. The number of nitrogens with two attached hydrogens (primary N) is 1. The van der Waals surface area contributed by atoms with Crippen LogP contribution in [0, 0.1) is 0 Å². The van der Waals surface area contributed by atoms with Crippen LogP contribution in [0.1, 0.15) is 81.3 Å². The third-order valence-corrected chi connectivity index (χ3v) is 6.60. The molecule has 0 radical (unpaired) electrons. The van der Waals surface area contributed by atoms with E-state index in [0.717, 1.165) is 36.0 Å². The summed E-state index contributed by atoms with van der Waals surface area (Å²) in [6.07, 6.45) is 10.6. The lowest BCUT2D eigenvalue weighted by molar-refractivity contribution is 0.293. The van der Waals surface area contributed by atoms with Gasteiger partial charge >= 0.3 is 0 Å². The van der Waals surface area contributed by atoms with Gasteiger partial charge < -0.3 is 11.1 Å². The Hall–Kier alpha value is -1.31. The summed E-state index contributed by atoms with van der Waals surface area (Å²) < 4.78 is 3.17. The summed E-state index contributed by atoms with van der Waals surface area (Å²) in [4.78, 5) is 0. The largest absolute Gasteiger partial charge is 0.328 e. The summed E-state index contributed by atoms with van der Waals surface area (Å²) in [5.74, 6) is 0.944. The molecular formula is C20H29BrN6. The Bertz CT molecular complexity index is 716. The summed E-state index contributed by atoms with van der Waals surface area (Å²) in [7, 11) is 0. The molecule has 1 aromatic carbocycles. The van der Waals surface area contributed by atoms with E-state index in [0.29, 0.717) is 18.1 Å². The summed E-state index contributed by atoms with van der Waals surface area (Å²) in [6, 6.07) is 9.74. The Morgan fingerprint density at radius 3 is 2.41 bits per heavy atom. The minimum atomic E-state index is 0.00866. The van der Waals surface area contributed by atoms with Gasteiger partial charge in [-0.15, -0.1) is 5.10 Å². The maximum absolute atomic E-state index is 6.10. The molecule has 6 nitrogen and oxygen atoms in total. The highest BCUT2D eigenvalue weighted by Gasteiger charge is 2.29. The maximum atomic E-state index is 6.10. The van der Waals surface area contributed by atoms with Crippen molar-refractivity contribution >= 4 is 15.9 Å². The molecule has 0 spiro atoms. The molecule has 0 aliphatic heterocycles. The predicted molar refractivity (Wildman–Crippen MR) is 109 cm³/mol. The number of nitrogens with one attached hydrogen (secondary N) is 1. The van der Waals surface area contributed by atoms with Crippen molar-refractivity contribution in [3.05, 3.63) is 40.1 Å². The van der Waals surface area contributed by atoms with Gasteiger partial charge in [-0.3, -0.25) is 0 Å². The second-order valence-corrected chi connectivity index (χ2v) is 8.95. The molecule has 1 atom stereocenters. The Morgan fingerprint density at radius 2 is 1.70 bits per heavy atom. The second kappa shape index (κ2) is 8.80. The standard InChI is InChI=1S/C20H29BrN6/c21-15-8-6-14(7-9-15)19(23-17-12-10-16(22)11-13-17)20-24-25-26-27(20)18-4-2-1-3-5-18/h6-9,16-19,23H,1-5,10-13,22H2. The highest BCUT2D eigenvalue weighted by molar-refractivity contribution is 9.10. The minimum Gasteiger partial charge on any atom is -0.328 e. The maximum Gasteiger partial charge on any atom is 0.173 e. The van der Waals surface area contributed by atoms with Gasteiger partial charge in [0.2, 0.25) is 0 Å². The molecular weight excluding hydrogens is 404 g/mol. The van der Waals surface area contributed by atoms with Crippen molar-refractivity contribution in [2.75, 3.05) is 0 Å². The van der Waals surface area contributed by atoms with E-state index < -0.39 is 0 Å². The normalized spacial score (nSPS) is 25.4. The van der Waals surface area contributed by atoms with E-state index in [2.05, 4.69) is 65.7 Å². The van der Waals surface area contributed by atoms with Gasteiger partial charge in [0, 0.05) is 16.6 Å². The molecule has 3 N–H and O–H groups in total. The van der Waals surface area contributed by atoms with Crippen molar-refractivity contribution in [2.24, 2.45) is 5.73 Å². The number of hydrogen-bond acceptors (Lipinski definition) is 5. The summed E-state index contributed by atoms with van der Waals surface area (Å²) in [5, 5.41) is 16.8. The van der Waals surface area contributed by atoms with Crippen LogP contribution in [-0.2, 0) is 0 Å². The van der Waals surface area contributed by atoms with Crippen LogP contribution in [0.3, 0.4) is 0 Å². The van der Waals surface area contributed by atoms with Crippen LogP contribution in [0.2, 0.25) is 0 Å². The third-order valence-electron chi connectivity index (χ3n) is 6.07. The number of halogens is 1. The van der Waals surface area contributed by atoms with E-state index in [1.165, 1.54) is 37.7 Å². The van der Waals surface area contributed by atoms with E-state index in [1.807, 2.05) is 0 Å². The Morgan fingerprint density at radius 1 is 1.00 bits per heavy atom. The minimum absolute atomic E-state index is 0.00866. The van der Waals surface area contributed by atoms with Crippen LogP contribution in [0.25, 0.3) is 0 Å². The fourth-order valence-corrected chi connectivity index (χ4v) is 4.74. The zero-order chi connectivity index (χ0) is 18.6. The molecule has 2 fully saturated rings. The van der Waals surface area contributed by atoms with Crippen molar-refractivity contribution in [1.82, 2.24) is 25.5 Å². The quantitative estimate of drug-likeness (QED) is 0.748. The zero-order valence-corrected chi connectivity index (χ0v) is 17.3. The fraction of sp³-hybridized carbons (Fsp3) is 0.650. The first-order chi connectivity index (χ1) is 13.2. The zero-order valence-electron chi connectivity index (χ0n) is 15.7. The van der Waals surface area contributed by atoms with E-state index in [9.17, 15) is 0 Å². The first kappa shape index (κ1) is 19.0. The second-order valence-electron chi connectivity index (χ2n) is 8.04. The highest BCUT2D eigenvalue weighted by atomic mass is 79.9. The number of hydrogen-bond donors (Lipinski definition) is 2. The number of tetrazole rings is 1. The van der Waals surface area contributed by atoms with E-state index in [-0.39, 0.29) is 6.04 Å². The topological polar surface area (TPSA) is 81.7 Å². The van der Waals surface area contributed by atoms with Gasteiger partial charge in [0.1, 0.15) is 0 Å². The van der Waals surface area contributed by atoms with E-state index in [4.69, 9.17) is 5.73 Å². The van der Waals surface area contributed by atoms with Crippen LogP contribution in [-0.4, -0.2) is 32.3 Å². The van der Waals surface area contributed by atoms with Gasteiger partial charge in [0.15, 0.2) is 5.82 Å². The van der Waals surface area contributed by atoms with Crippen LogP contribution in [0.15, 0.2) is 28.7 Å². The smallest absolute Gasteiger partial charge is 0.173 e. The van der Waals surface area contributed by atoms with Crippen LogP contribution < -0.4 is 11.1 Å². The van der Waals surface area contributed by atoms with Gasteiger partial charge in [-0.1, -0.05) is 47.3 Å². The summed E-state index contributed by atoms with van der Waals surface area (Å²) >= 11 is 3.55. The van der Waals surface area contributed by atoms with Crippen molar-refractivity contribution in [3.8, 4) is 0 Å². The molecule has 2 aliphatic carbocycles. The molecule has 146 valence electrons. The molecule has 0 amide bonds. The van der Waals surface area contributed by atoms with E-state index in [1.54, 1.807) is 0 Å². The molecule has 27 heavy (non-hydrogen) atoms. The van der Waals surface area contributed by atoms with Crippen LogP contribution in [0.4, 0.5) is 0 Å². The molecule has 2 aliphatic rings. The first-order valence-corrected chi connectivity index (χ1v) is 11.0. The van der Waals surface area contributed by atoms with Crippen LogP contribution >= 0.6 is 15.9 Å². The lowest BCUT2D eigenvalue weighted by Gasteiger charge is -2.31. The SMILES string of the molecule is NC1CCC(NC(c2ccc(Br)cc2)c2nnnn2C2CCCCC2)CC1. The average Bonchev–Trinajstić information content (AvgIpc) is 3.19. The molecule has 1 heterocycles. The molecule has 1 unspecified atom stereocenters. The summed E-state index contributed by atoms with van der Waals surface area (Å²) in [6.45, 7) is 0. The Kier molecular flexibility index (Phi) is 6.20. The Labute approximate surface area is 169 Å². The fourth-order valence-electron chi connectivity index (χ4n) is 4.47. The van der Waals surface area contributed by atoms with Gasteiger partial charge in [0.05, 0.1) is 12.1 Å². The van der Waals surface area contributed by atoms with Crippen molar-refractivity contribution < 1.29 is 0 Å². The van der Waals surface area contributed by atoms with Gasteiger partial charge in [-0.25, -0.2) is 4.68 Å². The van der Waals surface area contributed by atoms with Gasteiger partial charge in [0.25, 0.3) is 0 Å². The number of rotatable bonds is 5. The molecule has 2 aromatic rings. The third kappa shape index (κ3) is 4.58. The molecule has 2 saturated carbocycles. The predicted octanol–water partition coefficient (Wildman–Crippen LogP) is 3.89. The lowest BCUT2D eigenvalue weighted by Crippen LogP contribution is -2.40. The lowest BCUT2D eigenvalue weighted by atomic mass is 9.90.